The van der Waals surface area contributed by atoms with Crippen LogP contribution in [0, 0.1) is 0 Å². The van der Waals surface area contributed by atoms with Gasteiger partial charge in [-0.05, 0) is 44.6 Å². The number of nitrogens with zero attached hydrogens (tertiary/aromatic N) is 2. The molecule has 1 aromatic heterocycles. The Kier molecular flexibility index (Phi) is 4.78. The smallest absolute Gasteiger partial charge is 0.109 e. The second-order valence-corrected chi connectivity index (χ2v) is 5.44. The fourth-order valence-corrected chi connectivity index (χ4v) is 2.59. The zero-order chi connectivity index (χ0) is 13.0. The van der Waals surface area contributed by atoms with Gasteiger partial charge < -0.3 is 9.88 Å². The molecule has 1 aromatic carbocycles. The van der Waals surface area contributed by atoms with Crippen LogP contribution >= 0.6 is 15.9 Å². The van der Waals surface area contributed by atoms with E-state index >= 15 is 0 Å². The van der Waals surface area contributed by atoms with Crippen molar-refractivity contribution in [2.75, 3.05) is 13.6 Å². The van der Waals surface area contributed by atoms with Gasteiger partial charge in [-0.3, -0.25) is 0 Å². The summed E-state index contributed by atoms with van der Waals surface area (Å²) in [6.07, 6.45) is 3.30. The number of fused-ring (bicyclic) bond motifs is 1. The van der Waals surface area contributed by atoms with Crippen LogP contribution in [0.5, 0.6) is 0 Å². The number of aryl methyl sites for hydroxylation is 2. The van der Waals surface area contributed by atoms with E-state index < -0.39 is 0 Å². The summed E-state index contributed by atoms with van der Waals surface area (Å²) in [6.45, 7) is 4.30. The average molecular weight is 310 g/mol. The number of aromatic nitrogens is 2. The summed E-state index contributed by atoms with van der Waals surface area (Å²) in [6, 6.07) is 6.35. The van der Waals surface area contributed by atoms with Gasteiger partial charge in [0.25, 0.3) is 0 Å². The van der Waals surface area contributed by atoms with Gasteiger partial charge in [-0.25, -0.2) is 4.98 Å². The van der Waals surface area contributed by atoms with Crippen LogP contribution in [0.4, 0.5) is 0 Å². The highest BCUT2D eigenvalue weighted by Crippen LogP contribution is 2.22. The van der Waals surface area contributed by atoms with Crippen LogP contribution in [0.3, 0.4) is 0 Å². The summed E-state index contributed by atoms with van der Waals surface area (Å²) in [7, 11) is 1.99. The van der Waals surface area contributed by atoms with Crippen molar-refractivity contribution in [3.05, 3.63) is 28.5 Å². The monoisotopic (exact) mass is 309 g/mol. The maximum atomic E-state index is 4.77. The molecule has 0 unspecified atom stereocenters. The van der Waals surface area contributed by atoms with Gasteiger partial charge >= 0.3 is 0 Å². The standard InChI is InChI=1S/C14H20BrN3/c1-3-9-18-13-7-6-11(15)10-12(13)17-14(18)5-4-8-16-2/h6-7,10,16H,3-5,8-9H2,1-2H3. The molecule has 0 atom stereocenters. The molecule has 18 heavy (non-hydrogen) atoms. The second kappa shape index (κ2) is 6.34. The molecule has 3 nitrogen and oxygen atoms in total. The van der Waals surface area contributed by atoms with Crippen molar-refractivity contribution in [3.8, 4) is 0 Å². The van der Waals surface area contributed by atoms with Crippen molar-refractivity contribution < 1.29 is 0 Å². The molecule has 0 radical (unpaired) electrons. The normalized spacial score (nSPS) is 11.3. The number of benzene rings is 1. The Morgan fingerprint density at radius 1 is 1.39 bits per heavy atom. The maximum Gasteiger partial charge on any atom is 0.109 e. The summed E-state index contributed by atoms with van der Waals surface area (Å²) in [5, 5.41) is 3.19. The van der Waals surface area contributed by atoms with E-state index in [0.717, 1.165) is 42.3 Å². The van der Waals surface area contributed by atoms with Gasteiger partial charge in [-0.15, -0.1) is 0 Å². The maximum absolute atomic E-state index is 4.77. The van der Waals surface area contributed by atoms with Gasteiger partial charge in [0, 0.05) is 17.4 Å². The van der Waals surface area contributed by atoms with Gasteiger partial charge in [-0.1, -0.05) is 22.9 Å². The van der Waals surface area contributed by atoms with Crippen molar-refractivity contribution >= 4 is 27.0 Å². The van der Waals surface area contributed by atoms with Gasteiger partial charge in [0.15, 0.2) is 0 Å². The van der Waals surface area contributed by atoms with Gasteiger partial charge in [0.05, 0.1) is 11.0 Å². The van der Waals surface area contributed by atoms with Crippen LogP contribution in [0.2, 0.25) is 0 Å². The summed E-state index contributed by atoms with van der Waals surface area (Å²) < 4.78 is 3.45. The minimum atomic E-state index is 1.03. The molecule has 1 heterocycles. The first kappa shape index (κ1) is 13.6. The molecular formula is C14H20BrN3. The molecule has 0 aliphatic heterocycles. The van der Waals surface area contributed by atoms with Crippen LogP contribution in [0.25, 0.3) is 11.0 Å². The van der Waals surface area contributed by atoms with E-state index in [2.05, 4.69) is 50.9 Å². The highest BCUT2D eigenvalue weighted by molar-refractivity contribution is 9.10. The van der Waals surface area contributed by atoms with Crippen molar-refractivity contribution in [2.45, 2.75) is 32.7 Å². The van der Waals surface area contributed by atoms with E-state index in [4.69, 9.17) is 4.98 Å². The summed E-state index contributed by atoms with van der Waals surface area (Å²) in [5.74, 6) is 1.21. The molecular weight excluding hydrogens is 290 g/mol. The topological polar surface area (TPSA) is 29.9 Å². The quantitative estimate of drug-likeness (QED) is 0.829. The lowest BCUT2D eigenvalue weighted by molar-refractivity contribution is 0.626. The minimum absolute atomic E-state index is 1.03. The van der Waals surface area contributed by atoms with Gasteiger partial charge in [0.1, 0.15) is 5.82 Å². The third kappa shape index (κ3) is 2.93. The number of imidazole rings is 1. The average Bonchev–Trinajstić information content (AvgIpc) is 2.68. The van der Waals surface area contributed by atoms with Gasteiger partial charge in [0.2, 0.25) is 0 Å². The summed E-state index contributed by atoms with van der Waals surface area (Å²) in [5.41, 5.74) is 2.34. The Bertz CT molecular complexity index is 519. The first-order valence-corrected chi connectivity index (χ1v) is 7.34. The first-order chi connectivity index (χ1) is 8.76. The minimum Gasteiger partial charge on any atom is -0.328 e. The number of hydrogen-bond acceptors (Lipinski definition) is 2. The third-order valence-corrected chi connectivity index (χ3v) is 3.56. The van der Waals surface area contributed by atoms with Crippen molar-refractivity contribution in [2.24, 2.45) is 0 Å². The zero-order valence-electron chi connectivity index (χ0n) is 11.0. The van der Waals surface area contributed by atoms with Crippen LogP contribution in [-0.2, 0) is 13.0 Å². The molecule has 0 saturated heterocycles. The van der Waals surface area contributed by atoms with E-state index in [-0.39, 0.29) is 0 Å². The molecule has 0 saturated carbocycles. The Labute approximate surface area is 117 Å². The molecule has 4 heteroatoms. The van der Waals surface area contributed by atoms with E-state index in [1.165, 1.54) is 11.3 Å². The van der Waals surface area contributed by atoms with Crippen molar-refractivity contribution in [3.63, 3.8) is 0 Å². The van der Waals surface area contributed by atoms with Crippen molar-refractivity contribution in [1.82, 2.24) is 14.9 Å². The molecule has 0 aliphatic rings. The second-order valence-electron chi connectivity index (χ2n) is 4.52. The van der Waals surface area contributed by atoms with Crippen molar-refractivity contribution in [1.29, 1.82) is 0 Å². The molecule has 2 aromatic rings. The number of hydrogen-bond donors (Lipinski definition) is 1. The number of nitrogens with one attached hydrogen (secondary N) is 1. The van der Waals surface area contributed by atoms with Crippen LogP contribution in [-0.4, -0.2) is 23.1 Å². The first-order valence-electron chi connectivity index (χ1n) is 6.55. The van der Waals surface area contributed by atoms with Crippen LogP contribution in [0.15, 0.2) is 22.7 Å². The molecule has 1 N–H and O–H groups in total. The fourth-order valence-electron chi connectivity index (χ4n) is 2.24. The van der Waals surface area contributed by atoms with E-state index in [1.807, 2.05) is 7.05 Å². The molecule has 0 spiro atoms. The van der Waals surface area contributed by atoms with E-state index in [9.17, 15) is 0 Å². The molecule has 0 bridgehead atoms. The Hall–Kier alpha value is -0.870. The Morgan fingerprint density at radius 3 is 2.94 bits per heavy atom. The third-order valence-electron chi connectivity index (χ3n) is 3.06. The van der Waals surface area contributed by atoms with Crippen LogP contribution < -0.4 is 5.32 Å². The summed E-state index contributed by atoms with van der Waals surface area (Å²) >= 11 is 3.51. The molecule has 0 fully saturated rings. The lowest BCUT2D eigenvalue weighted by Crippen LogP contribution is -2.11. The lowest BCUT2D eigenvalue weighted by Gasteiger charge is -2.07. The van der Waals surface area contributed by atoms with E-state index in [0.29, 0.717) is 0 Å². The molecule has 98 valence electrons. The highest BCUT2D eigenvalue weighted by atomic mass is 79.9. The number of halogens is 1. The van der Waals surface area contributed by atoms with Crippen LogP contribution in [0.1, 0.15) is 25.6 Å². The predicted molar refractivity (Wildman–Crippen MR) is 80.0 cm³/mol. The Morgan fingerprint density at radius 2 is 2.22 bits per heavy atom. The van der Waals surface area contributed by atoms with Gasteiger partial charge in [-0.2, -0.15) is 0 Å². The molecule has 2 rings (SSSR count). The lowest BCUT2D eigenvalue weighted by atomic mass is 10.3. The fraction of sp³-hybridized carbons (Fsp3) is 0.500. The Balaban J connectivity index is 2.34. The summed E-state index contributed by atoms with van der Waals surface area (Å²) in [4.78, 5) is 4.77. The molecule has 0 amide bonds. The zero-order valence-corrected chi connectivity index (χ0v) is 12.6. The largest absolute Gasteiger partial charge is 0.328 e. The molecule has 0 aliphatic carbocycles. The highest BCUT2D eigenvalue weighted by Gasteiger charge is 2.09. The SMILES string of the molecule is CCCn1c(CCCNC)nc2cc(Br)ccc21. The van der Waals surface area contributed by atoms with E-state index in [1.54, 1.807) is 0 Å². The number of rotatable bonds is 6. The predicted octanol–water partition coefficient (Wildman–Crippen LogP) is 3.36.